The smallest absolute Gasteiger partial charge is 0.411 e. The highest BCUT2D eigenvalue weighted by Gasteiger charge is 2.07. The van der Waals surface area contributed by atoms with E-state index < -0.39 is 6.09 Å². The molecule has 2 aromatic carbocycles. The van der Waals surface area contributed by atoms with Crippen molar-refractivity contribution in [3.63, 3.8) is 0 Å². The lowest BCUT2D eigenvalue weighted by molar-refractivity contribution is 0.171. The van der Waals surface area contributed by atoms with E-state index in [0.29, 0.717) is 32.0 Å². The molecule has 0 aliphatic carbocycles. The first-order chi connectivity index (χ1) is 15.5. The molecule has 0 aromatic heterocycles. The summed E-state index contributed by atoms with van der Waals surface area (Å²) in [6.45, 7) is 7.21. The van der Waals surface area contributed by atoms with E-state index in [1.807, 2.05) is 31.2 Å². The van der Waals surface area contributed by atoms with E-state index in [9.17, 15) is 4.79 Å². The number of aliphatic imine (C=N–C) groups is 1. The first-order valence-electron chi connectivity index (χ1n) is 10.7. The van der Waals surface area contributed by atoms with Crippen molar-refractivity contribution in [2.75, 3.05) is 39.3 Å². The Balaban J connectivity index is 1.98. The van der Waals surface area contributed by atoms with Crippen LogP contribution in [-0.4, -0.2) is 46.0 Å². The van der Waals surface area contributed by atoms with Crippen molar-refractivity contribution in [2.24, 2.45) is 4.99 Å². The topological polar surface area (TPSA) is 93.2 Å². The molecule has 0 spiro atoms. The number of hydrogen-bond acceptors (Lipinski definition) is 5. The standard InChI is InChI=1S/C24H34N4O4/c1-5-25-23(26-16-19-8-11-21(12-9-19)28-24(29)31-4)27-17-20-10-7-18(2)15-22(20)32-14-6-13-30-3/h7-12,15H,5-6,13-14,16-17H2,1-4H3,(H,28,29)(H2,25,26,27). The molecule has 0 fully saturated rings. The van der Waals surface area contributed by atoms with Crippen LogP contribution in [0.25, 0.3) is 0 Å². The molecule has 1 amide bonds. The molecule has 8 nitrogen and oxygen atoms in total. The number of methoxy groups -OCH3 is 2. The number of guanidine groups is 1. The largest absolute Gasteiger partial charge is 0.493 e. The van der Waals surface area contributed by atoms with E-state index >= 15 is 0 Å². The van der Waals surface area contributed by atoms with Gasteiger partial charge in [-0.15, -0.1) is 0 Å². The molecule has 0 aliphatic heterocycles. The van der Waals surface area contributed by atoms with Crippen molar-refractivity contribution in [3.8, 4) is 5.75 Å². The molecule has 32 heavy (non-hydrogen) atoms. The van der Waals surface area contributed by atoms with Crippen LogP contribution < -0.4 is 20.7 Å². The molecule has 0 atom stereocenters. The summed E-state index contributed by atoms with van der Waals surface area (Å²) in [6, 6.07) is 13.7. The molecule has 2 aromatic rings. The predicted octanol–water partition coefficient (Wildman–Crippen LogP) is 3.84. The lowest BCUT2D eigenvalue weighted by Crippen LogP contribution is -2.36. The summed E-state index contributed by atoms with van der Waals surface area (Å²) in [5, 5.41) is 9.27. The number of nitrogens with one attached hydrogen (secondary N) is 3. The lowest BCUT2D eigenvalue weighted by Gasteiger charge is -2.15. The molecule has 0 saturated heterocycles. The maximum Gasteiger partial charge on any atom is 0.411 e. The molecule has 0 saturated carbocycles. The molecule has 0 bridgehead atoms. The second kappa shape index (κ2) is 13.9. The van der Waals surface area contributed by atoms with Gasteiger partial charge < -0.3 is 24.8 Å². The zero-order chi connectivity index (χ0) is 23.2. The van der Waals surface area contributed by atoms with Gasteiger partial charge in [-0.25, -0.2) is 9.79 Å². The molecule has 2 rings (SSSR count). The van der Waals surface area contributed by atoms with Crippen molar-refractivity contribution in [1.82, 2.24) is 10.6 Å². The fourth-order valence-corrected chi connectivity index (χ4v) is 2.88. The van der Waals surface area contributed by atoms with Crippen LogP contribution in [0.15, 0.2) is 47.5 Å². The van der Waals surface area contributed by atoms with Crippen LogP contribution in [0.1, 0.15) is 30.0 Å². The van der Waals surface area contributed by atoms with E-state index in [1.54, 1.807) is 7.11 Å². The Labute approximate surface area is 190 Å². The van der Waals surface area contributed by atoms with Gasteiger partial charge in [-0.05, 0) is 43.2 Å². The van der Waals surface area contributed by atoms with Crippen molar-refractivity contribution in [2.45, 2.75) is 33.4 Å². The van der Waals surface area contributed by atoms with Gasteiger partial charge in [0.05, 0.1) is 20.3 Å². The fourth-order valence-electron chi connectivity index (χ4n) is 2.88. The third-order valence-corrected chi connectivity index (χ3v) is 4.57. The minimum absolute atomic E-state index is 0.493. The van der Waals surface area contributed by atoms with Gasteiger partial charge in [0.25, 0.3) is 0 Å². The number of hydrogen-bond donors (Lipinski definition) is 3. The lowest BCUT2D eigenvalue weighted by atomic mass is 10.1. The fraction of sp³-hybridized carbons (Fsp3) is 0.417. The molecule has 8 heteroatoms. The van der Waals surface area contributed by atoms with E-state index in [2.05, 4.69) is 50.8 Å². The van der Waals surface area contributed by atoms with E-state index in [-0.39, 0.29) is 0 Å². The third kappa shape index (κ3) is 8.85. The van der Waals surface area contributed by atoms with E-state index in [4.69, 9.17) is 9.47 Å². The summed E-state index contributed by atoms with van der Waals surface area (Å²) < 4.78 is 15.7. The van der Waals surface area contributed by atoms with Crippen LogP contribution in [0.3, 0.4) is 0 Å². The number of benzene rings is 2. The third-order valence-electron chi connectivity index (χ3n) is 4.57. The molecular formula is C24H34N4O4. The normalized spacial score (nSPS) is 11.1. The average molecular weight is 443 g/mol. The highest BCUT2D eigenvalue weighted by Crippen LogP contribution is 2.20. The Morgan fingerprint density at radius 1 is 1.03 bits per heavy atom. The monoisotopic (exact) mass is 442 g/mol. The van der Waals surface area contributed by atoms with Gasteiger partial charge in [-0.2, -0.15) is 0 Å². The summed E-state index contributed by atoms with van der Waals surface area (Å²) in [5.74, 6) is 1.59. The Bertz CT molecular complexity index is 869. The maximum atomic E-state index is 11.3. The number of carbonyl (C=O) groups excluding carboxylic acids is 1. The highest BCUT2D eigenvalue weighted by molar-refractivity contribution is 5.84. The van der Waals surface area contributed by atoms with Gasteiger partial charge in [-0.1, -0.05) is 24.3 Å². The number of rotatable bonds is 11. The van der Waals surface area contributed by atoms with Gasteiger partial charge >= 0.3 is 6.09 Å². The quantitative estimate of drug-likeness (QED) is 0.278. The molecule has 0 radical (unpaired) electrons. The number of nitrogens with zero attached hydrogens (tertiary/aromatic N) is 1. The summed E-state index contributed by atoms with van der Waals surface area (Å²) in [4.78, 5) is 16.0. The number of anilines is 1. The van der Waals surface area contributed by atoms with Gasteiger partial charge in [0.1, 0.15) is 5.75 Å². The van der Waals surface area contributed by atoms with Crippen molar-refractivity contribution >= 4 is 17.7 Å². The summed E-state index contributed by atoms with van der Waals surface area (Å²) in [7, 11) is 3.03. The Morgan fingerprint density at radius 2 is 1.81 bits per heavy atom. The molecular weight excluding hydrogens is 408 g/mol. The predicted molar refractivity (Wildman–Crippen MR) is 127 cm³/mol. The highest BCUT2D eigenvalue weighted by atomic mass is 16.5. The minimum atomic E-state index is -0.493. The zero-order valence-corrected chi connectivity index (χ0v) is 19.4. The Kier molecular flexibility index (Phi) is 10.9. The van der Waals surface area contributed by atoms with Crippen molar-refractivity contribution in [3.05, 3.63) is 59.2 Å². The average Bonchev–Trinajstić information content (AvgIpc) is 2.80. The molecule has 3 N–H and O–H groups in total. The number of ether oxygens (including phenoxy) is 3. The van der Waals surface area contributed by atoms with Crippen LogP contribution in [0.5, 0.6) is 5.75 Å². The van der Waals surface area contributed by atoms with Crippen molar-refractivity contribution < 1.29 is 19.0 Å². The Hall–Kier alpha value is -3.26. The van der Waals surface area contributed by atoms with E-state index in [1.165, 1.54) is 7.11 Å². The van der Waals surface area contributed by atoms with Gasteiger partial charge in [0.15, 0.2) is 5.96 Å². The second-order valence-electron chi connectivity index (χ2n) is 7.17. The number of amides is 1. The van der Waals surface area contributed by atoms with E-state index in [0.717, 1.165) is 41.4 Å². The van der Waals surface area contributed by atoms with Crippen molar-refractivity contribution in [1.29, 1.82) is 0 Å². The van der Waals surface area contributed by atoms with Crippen LogP contribution in [0.4, 0.5) is 10.5 Å². The first-order valence-corrected chi connectivity index (χ1v) is 10.7. The molecule has 0 heterocycles. The van der Waals surface area contributed by atoms with Crippen LogP contribution >= 0.6 is 0 Å². The Morgan fingerprint density at radius 3 is 2.50 bits per heavy atom. The minimum Gasteiger partial charge on any atom is -0.493 e. The van der Waals surface area contributed by atoms with Crippen LogP contribution in [0, 0.1) is 6.92 Å². The summed E-state index contributed by atoms with van der Waals surface area (Å²) in [5.41, 5.74) is 3.92. The SMILES string of the molecule is CCNC(=NCc1ccc(NC(=O)OC)cc1)NCc1ccc(C)cc1OCCCOC. The number of carbonyl (C=O) groups is 1. The van der Waals surface area contributed by atoms with Crippen LogP contribution in [-0.2, 0) is 22.6 Å². The van der Waals surface area contributed by atoms with Gasteiger partial charge in [0, 0.05) is 44.5 Å². The van der Waals surface area contributed by atoms with Gasteiger partial charge in [0.2, 0.25) is 0 Å². The van der Waals surface area contributed by atoms with Gasteiger partial charge in [-0.3, -0.25) is 5.32 Å². The second-order valence-corrected chi connectivity index (χ2v) is 7.17. The molecule has 174 valence electrons. The number of aryl methyl sites for hydroxylation is 1. The first kappa shape index (κ1) is 25.0. The van der Waals surface area contributed by atoms with Crippen LogP contribution in [0.2, 0.25) is 0 Å². The molecule has 0 aliphatic rings. The summed E-state index contributed by atoms with van der Waals surface area (Å²) >= 11 is 0. The molecule has 0 unspecified atom stereocenters. The maximum absolute atomic E-state index is 11.3. The summed E-state index contributed by atoms with van der Waals surface area (Å²) in [6.07, 6.45) is 0.350. The zero-order valence-electron chi connectivity index (χ0n) is 19.4.